The Bertz CT molecular complexity index is 485. The SMILES string of the molecule is CCOc1ccccc1N1CCN(C(=O)NC(C)CC)CC1. The minimum Gasteiger partial charge on any atom is -0.492 e. The van der Waals surface area contributed by atoms with Crippen molar-refractivity contribution >= 4 is 11.7 Å². The van der Waals surface area contributed by atoms with E-state index in [1.165, 1.54) is 0 Å². The van der Waals surface area contributed by atoms with Crippen LogP contribution in [0.15, 0.2) is 24.3 Å². The molecule has 5 nitrogen and oxygen atoms in total. The number of anilines is 1. The molecule has 1 unspecified atom stereocenters. The van der Waals surface area contributed by atoms with Gasteiger partial charge in [0.05, 0.1) is 12.3 Å². The van der Waals surface area contributed by atoms with Crippen molar-refractivity contribution in [2.75, 3.05) is 37.7 Å². The molecule has 0 spiro atoms. The lowest BCUT2D eigenvalue weighted by Crippen LogP contribution is -2.53. The Morgan fingerprint density at radius 2 is 1.91 bits per heavy atom. The molecule has 122 valence electrons. The number of carbonyl (C=O) groups is 1. The lowest BCUT2D eigenvalue weighted by Gasteiger charge is -2.37. The molecule has 1 N–H and O–H groups in total. The van der Waals surface area contributed by atoms with Crippen molar-refractivity contribution in [1.29, 1.82) is 0 Å². The number of carbonyl (C=O) groups excluding carboxylic acids is 1. The van der Waals surface area contributed by atoms with E-state index in [0.29, 0.717) is 6.61 Å². The third-order valence-electron chi connectivity index (χ3n) is 4.05. The lowest BCUT2D eigenvalue weighted by atomic mass is 10.2. The average molecular weight is 305 g/mol. The topological polar surface area (TPSA) is 44.8 Å². The van der Waals surface area contributed by atoms with E-state index in [1.807, 2.05) is 36.9 Å². The predicted molar refractivity (Wildman–Crippen MR) is 89.7 cm³/mol. The summed E-state index contributed by atoms with van der Waals surface area (Å²) < 4.78 is 5.70. The molecule has 0 radical (unpaired) electrons. The largest absolute Gasteiger partial charge is 0.492 e. The number of amides is 2. The van der Waals surface area contributed by atoms with Gasteiger partial charge in [-0.25, -0.2) is 4.79 Å². The second kappa shape index (κ2) is 7.92. The minimum atomic E-state index is 0.0482. The van der Waals surface area contributed by atoms with Crippen LogP contribution in [0.2, 0.25) is 0 Å². The number of hydrogen-bond acceptors (Lipinski definition) is 3. The molecule has 0 bridgehead atoms. The molecule has 1 fully saturated rings. The number of nitrogens with zero attached hydrogens (tertiary/aromatic N) is 2. The Morgan fingerprint density at radius 3 is 2.55 bits per heavy atom. The molecule has 0 aliphatic carbocycles. The number of benzene rings is 1. The monoisotopic (exact) mass is 305 g/mol. The lowest BCUT2D eigenvalue weighted by molar-refractivity contribution is 0.190. The standard InChI is InChI=1S/C17H27N3O2/c1-4-14(3)18-17(21)20-12-10-19(11-13-20)15-8-6-7-9-16(15)22-5-2/h6-9,14H,4-5,10-13H2,1-3H3,(H,18,21). The molecule has 1 aromatic carbocycles. The molecule has 22 heavy (non-hydrogen) atoms. The van der Waals surface area contributed by atoms with E-state index in [9.17, 15) is 4.79 Å². The summed E-state index contributed by atoms with van der Waals surface area (Å²) in [5, 5.41) is 3.03. The highest BCUT2D eigenvalue weighted by atomic mass is 16.5. The first-order chi connectivity index (χ1) is 10.7. The Labute approximate surface area is 133 Å². The zero-order valence-corrected chi connectivity index (χ0v) is 13.8. The van der Waals surface area contributed by atoms with E-state index in [1.54, 1.807) is 0 Å². The van der Waals surface area contributed by atoms with Crippen LogP contribution in [0.3, 0.4) is 0 Å². The molecule has 5 heteroatoms. The highest BCUT2D eigenvalue weighted by Crippen LogP contribution is 2.28. The van der Waals surface area contributed by atoms with Crippen LogP contribution in [0.5, 0.6) is 5.75 Å². The maximum atomic E-state index is 12.2. The van der Waals surface area contributed by atoms with E-state index in [4.69, 9.17) is 4.74 Å². The van der Waals surface area contributed by atoms with Crippen LogP contribution in [0.25, 0.3) is 0 Å². The Kier molecular flexibility index (Phi) is 5.92. The maximum absolute atomic E-state index is 12.2. The average Bonchev–Trinajstić information content (AvgIpc) is 2.55. The number of rotatable bonds is 5. The fraction of sp³-hybridized carbons (Fsp3) is 0.588. The molecule has 2 rings (SSSR count). The summed E-state index contributed by atoms with van der Waals surface area (Å²) in [7, 11) is 0. The van der Waals surface area contributed by atoms with Gasteiger partial charge in [0.1, 0.15) is 5.75 Å². The van der Waals surface area contributed by atoms with Gasteiger partial charge < -0.3 is 19.9 Å². The van der Waals surface area contributed by atoms with E-state index >= 15 is 0 Å². The third kappa shape index (κ3) is 4.06. The number of para-hydroxylation sites is 2. The van der Waals surface area contributed by atoms with Gasteiger partial charge in [-0.2, -0.15) is 0 Å². The van der Waals surface area contributed by atoms with Gasteiger partial charge in [0, 0.05) is 32.2 Å². The maximum Gasteiger partial charge on any atom is 0.317 e. The molecule has 1 aliphatic rings. The first kappa shape index (κ1) is 16.5. The smallest absolute Gasteiger partial charge is 0.317 e. The van der Waals surface area contributed by atoms with Gasteiger partial charge in [-0.05, 0) is 32.4 Å². The minimum absolute atomic E-state index is 0.0482. The molecule has 0 saturated carbocycles. The summed E-state index contributed by atoms with van der Waals surface area (Å²) in [6.45, 7) is 9.91. The fourth-order valence-electron chi connectivity index (χ4n) is 2.55. The van der Waals surface area contributed by atoms with Gasteiger partial charge in [-0.1, -0.05) is 19.1 Å². The van der Waals surface area contributed by atoms with Crippen LogP contribution in [0.4, 0.5) is 10.5 Å². The normalized spacial score (nSPS) is 16.3. The molecule has 1 aromatic rings. The molecule has 1 aliphatic heterocycles. The summed E-state index contributed by atoms with van der Waals surface area (Å²) >= 11 is 0. The van der Waals surface area contributed by atoms with E-state index < -0.39 is 0 Å². The van der Waals surface area contributed by atoms with Crippen molar-refractivity contribution in [1.82, 2.24) is 10.2 Å². The molecular weight excluding hydrogens is 278 g/mol. The number of ether oxygens (including phenoxy) is 1. The van der Waals surface area contributed by atoms with Gasteiger partial charge in [-0.3, -0.25) is 0 Å². The summed E-state index contributed by atoms with van der Waals surface area (Å²) in [5.74, 6) is 0.919. The first-order valence-corrected chi connectivity index (χ1v) is 8.17. The quantitative estimate of drug-likeness (QED) is 0.910. The van der Waals surface area contributed by atoms with Crippen molar-refractivity contribution in [2.24, 2.45) is 0 Å². The molecule has 1 saturated heterocycles. The molecular formula is C17H27N3O2. The highest BCUT2D eigenvalue weighted by molar-refractivity contribution is 5.75. The number of nitrogens with one attached hydrogen (secondary N) is 1. The van der Waals surface area contributed by atoms with Crippen molar-refractivity contribution in [2.45, 2.75) is 33.2 Å². The van der Waals surface area contributed by atoms with Crippen molar-refractivity contribution in [3.8, 4) is 5.75 Å². The van der Waals surface area contributed by atoms with Crippen LogP contribution in [0.1, 0.15) is 27.2 Å². The second-order valence-electron chi connectivity index (χ2n) is 5.63. The highest BCUT2D eigenvalue weighted by Gasteiger charge is 2.23. The molecule has 2 amide bonds. The van der Waals surface area contributed by atoms with Gasteiger partial charge in [-0.15, -0.1) is 0 Å². The summed E-state index contributed by atoms with van der Waals surface area (Å²) in [5.41, 5.74) is 1.12. The second-order valence-corrected chi connectivity index (χ2v) is 5.63. The van der Waals surface area contributed by atoms with Crippen LogP contribution >= 0.6 is 0 Å². The Balaban J connectivity index is 1.93. The third-order valence-corrected chi connectivity index (χ3v) is 4.05. The van der Waals surface area contributed by atoms with Crippen LogP contribution in [-0.2, 0) is 0 Å². The van der Waals surface area contributed by atoms with Crippen molar-refractivity contribution in [3.63, 3.8) is 0 Å². The zero-order chi connectivity index (χ0) is 15.9. The van der Waals surface area contributed by atoms with Crippen LogP contribution in [-0.4, -0.2) is 49.8 Å². The van der Waals surface area contributed by atoms with Gasteiger partial charge >= 0.3 is 6.03 Å². The number of urea groups is 1. The molecule has 0 aromatic heterocycles. The summed E-state index contributed by atoms with van der Waals surface area (Å²) in [6, 6.07) is 8.38. The van der Waals surface area contributed by atoms with Crippen molar-refractivity contribution in [3.05, 3.63) is 24.3 Å². The van der Waals surface area contributed by atoms with Gasteiger partial charge in [0.25, 0.3) is 0 Å². The number of piperazine rings is 1. The van der Waals surface area contributed by atoms with Gasteiger partial charge in [0.2, 0.25) is 0 Å². The zero-order valence-electron chi connectivity index (χ0n) is 13.8. The Morgan fingerprint density at radius 1 is 1.23 bits per heavy atom. The predicted octanol–water partition coefficient (Wildman–Crippen LogP) is 2.72. The van der Waals surface area contributed by atoms with Gasteiger partial charge in [0.15, 0.2) is 0 Å². The van der Waals surface area contributed by atoms with E-state index in [-0.39, 0.29) is 12.1 Å². The van der Waals surface area contributed by atoms with E-state index in [0.717, 1.165) is 44.0 Å². The summed E-state index contributed by atoms with van der Waals surface area (Å²) in [4.78, 5) is 16.3. The van der Waals surface area contributed by atoms with Crippen LogP contribution < -0.4 is 15.0 Å². The van der Waals surface area contributed by atoms with Crippen molar-refractivity contribution < 1.29 is 9.53 Å². The Hall–Kier alpha value is -1.91. The number of hydrogen-bond donors (Lipinski definition) is 1. The molecule has 1 atom stereocenters. The summed E-state index contributed by atoms with van der Waals surface area (Å²) in [6.07, 6.45) is 0.952. The van der Waals surface area contributed by atoms with E-state index in [2.05, 4.69) is 23.2 Å². The van der Waals surface area contributed by atoms with Crippen LogP contribution in [0, 0.1) is 0 Å². The molecule has 1 heterocycles. The fourth-order valence-corrected chi connectivity index (χ4v) is 2.55. The first-order valence-electron chi connectivity index (χ1n) is 8.17.